The summed E-state index contributed by atoms with van der Waals surface area (Å²) in [7, 11) is 0. The lowest BCUT2D eigenvalue weighted by Crippen LogP contribution is -2.18. The molecule has 1 aromatic heterocycles. The molecule has 2 N–H and O–H groups in total. The standard InChI is InChI=1S/C22H20N2O4/c23-22(26)19-8-4-3-7-17(19)13-28-21-14-27-18(9-20(21)25)12-24-10-15-5-1-2-6-16(15)11-24/h1-9,14H,10-13H2,(H2,23,26). The molecular formula is C22H20N2O4. The number of benzene rings is 2. The maximum Gasteiger partial charge on any atom is 0.249 e. The number of carbonyl (C=O) groups is 1. The highest BCUT2D eigenvalue weighted by molar-refractivity contribution is 5.94. The zero-order valence-corrected chi connectivity index (χ0v) is 15.3. The van der Waals surface area contributed by atoms with Crippen LogP contribution in [0.2, 0.25) is 0 Å². The average molecular weight is 376 g/mol. The molecule has 2 heterocycles. The summed E-state index contributed by atoms with van der Waals surface area (Å²) in [5, 5.41) is 0. The van der Waals surface area contributed by atoms with Crippen LogP contribution >= 0.6 is 0 Å². The fourth-order valence-corrected chi connectivity index (χ4v) is 3.40. The second-order valence-corrected chi connectivity index (χ2v) is 6.80. The molecule has 0 saturated heterocycles. The van der Waals surface area contributed by atoms with Gasteiger partial charge in [0, 0.05) is 30.3 Å². The SMILES string of the molecule is NC(=O)c1ccccc1COc1coc(CN2Cc3ccccc3C2)cc1=O. The molecule has 4 rings (SSSR count). The molecule has 0 aliphatic carbocycles. The van der Waals surface area contributed by atoms with Gasteiger partial charge in [0.05, 0.1) is 6.54 Å². The maximum atomic E-state index is 12.4. The lowest BCUT2D eigenvalue weighted by atomic mass is 10.1. The highest BCUT2D eigenvalue weighted by Gasteiger charge is 2.19. The van der Waals surface area contributed by atoms with Crippen LogP contribution in [0.1, 0.15) is 32.8 Å². The van der Waals surface area contributed by atoms with Gasteiger partial charge in [-0.05, 0) is 17.2 Å². The van der Waals surface area contributed by atoms with Gasteiger partial charge in [-0.25, -0.2) is 0 Å². The van der Waals surface area contributed by atoms with E-state index in [-0.39, 0.29) is 17.8 Å². The van der Waals surface area contributed by atoms with Crippen molar-refractivity contribution in [1.82, 2.24) is 4.90 Å². The maximum absolute atomic E-state index is 12.4. The first-order valence-corrected chi connectivity index (χ1v) is 9.01. The highest BCUT2D eigenvalue weighted by Crippen LogP contribution is 2.24. The summed E-state index contributed by atoms with van der Waals surface area (Å²) < 4.78 is 11.2. The van der Waals surface area contributed by atoms with E-state index in [4.69, 9.17) is 14.9 Å². The van der Waals surface area contributed by atoms with Crippen molar-refractivity contribution in [2.24, 2.45) is 5.73 Å². The molecule has 1 aliphatic rings. The van der Waals surface area contributed by atoms with Gasteiger partial charge in [0.1, 0.15) is 18.6 Å². The van der Waals surface area contributed by atoms with Gasteiger partial charge in [0.15, 0.2) is 0 Å². The van der Waals surface area contributed by atoms with Crippen LogP contribution in [0.3, 0.4) is 0 Å². The minimum Gasteiger partial charge on any atom is -0.482 e. The molecule has 142 valence electrons. The van der Waals surface area contributed by atoms with Crippen molar-refractivity contribution in [3.8, 4) is 5.75 Å². The van der Waals surface area contributed by atoms with Crippen LogP contribution < -0.4 is 15.9 Å². The third-order valence-electron chi connectivity index (χ3n) is 4.80. The van der Waals surface area contributed by atoms with Gasteiger partial charge in [-0.2, -0.15) is 0 Å². The van der Waals surface area contributed by atoms with Gasteiger partial charge in [-0.15, -0.1) is 0 Å². The predicted molar refractivity (Wildman–Crippen MR) is 104 cm³/mol. The van der Waals surface area contributed by atoms with Crippen LogP contribution in [-0.2, 0) is 26.2 Å². The molecule has 1 amide bonds. The van der Waals surface area contributed by atoms with Crippen molar-refractivity contribution in [2.45, 2.75) is 26.2 Å². The van der Waals surface area contributed by atoms with E-state index in [0.717, 1.165) is 13.1 Å². The zero-order chi connectivity index (χ0) is 19.5. The van der Waals surface area contributed by atoms with E-state index in [0.29, 0.717) is 23.4 Å². The number of carbonyl (C=O) groups excluding carboxylic acids is 1. The first kappa shape index (κ1) is 18.0. The van der Waals surface area contributed by atoms with Crippen molar-refractivity contribution < 1.29 is 13.9 Å². The average Bonchev–Trinajstić information content (AvgIpc) is 3.09. The number of nitrogens with two attached hydrogens (primary N) is 1. The number of amides is 1. The molecule has 0 bridgehead atoms. The van der Waals surface area contributed by atoms with E-state index in [2.05, 4.69) is 17.0 Å². The summed E-state index contributed by atoms with van der Waals surface area (Å²) in [6.45, 7) is 2.28. The first-order chi connectivity index (χ1) is 13.6. The molecule has 0 fully saturated rings. The quantitative estimate of drug-likeness (QED) is 0.715. The van der Waals surface area contributed by atoms with Crippen LogP contribution in [-0.4, -0.2) is 10.8 Å². The van der Waals surface area contributed by atoms with Crippen LogP contribution in [0.25, 0.3) is 0 Å². The Morgan fingerprint density at radius 3 is 2.43 bits per heavy atom. The van der Waals surface area contributed by atoms with Crippen molar-refractivity contribution in [2.75, 3.05) is 0 Å². The zero-order valence-electron chi connectivity index (χ0n) is 15.3. The third kappa shape index (κ3) is 3.82. The van der Waals surface area contributed by atoms with Crippen LogP contribution in [0.4, 0.5) is 0 Å². The normalized spacial score (nSPS) is 13.3. The fourth-order valence-electron chi connectivity index (χ4n) is 3.40. The van der Waals surface area contributed by atoms with Crippen LogP contribution in [0.5, 0.6) is 5.75 Å². The lowest BCUT2D eigenvalue weighted by Gasteiger charge is -2.14. The van der Waals surface area contributed by atoms with Gasteiger partial charge in [-0.1, -0.05) is 42.5 Å². The molecule has 3 aromatic rings. The molecule has 28 heavy (non-hydrogen) atoms. The van der Waals surface area contributed by atoms with Gasteiger partial charge in [-0.3, -0.25) is 14.5 Å². The summed E-state index contributed by atoms with van der Waals surface area (Å²) in [6, 6.07) is 16.6. The molecule has 0 saturated carbocycles. The van der Waals surface area contributed by atoms with Gasteiger partial charge >= 0.3 is 0 Å². The van der Waals surface area contributed by atoms with Crippen molar-refractivity contribution in [3.05, 3.63) is 99.1 Å². The lowest BCUT2D eigenvalue weighted by molar-refractivity contribution is 0.0998. The predicted octanol–water partition coefficient (Wildman–Crippen LogP) is 2.83. The van der Waals surface area contributed by atoms with Gasteiger partial charge < -0.3 is 14.9 Å². The summed E-state index contributed by atoms with van der Waals surface area (Å²) in [5.41, 5.74) is 8.71. The van der Waals surface area contributed by atoms with Crippen molar-refractivity contribution in [3.63, 3.8) is 0 Å². The van der Waals surface area contributed by atoms with Crippen LogP contribution in [0.15, 0.2) is 70.1 Å². The monoisotopic (exact) mass is 376 g/mol. The number of hydrogen-bond donors (Lipinski definition) is 1. The van der Waals surface area contributed by atoms with E-state index in [9.17, 15) is 9.59 Å². The molecule has 0 unspecified atom stereocenters. The summed E-state index contributed by atoms with van der Waals surface area (Å²) in [4.78, 5) is 26.1. The van der Waals surface area contributed by atoms with Crippen LogP contribution in [0, 0.1) is 0 Å². The minimum atomic E-state index is -0.534. The van der Waals surface area contributed by atoms with E-state index in [1.165, 1.54) is 23.5 Å². The Morgan fingerprint density at radius 2 is 1.75 bits per heavy atom. The molecular weight excluding hydrogens is 356 g/mol. The molecule has 6 nitrogen and oxygen atoms in total. The fraction of sp³-hybridized carbons (Fsp3) is 0.182. The number of nitrogens with zero attached hydrogens (tertiary/aromatic N) is 1. The van der Waals surface area contributed by atoms with E-state index < -0.39 is 5.91 Å². The van der Waals surface area contributed by atoms with E-state index >= 15 is 0 Å². The topological polar surface area (TPSA) is 85.8 Å². The largest absolute Gasteiger partial charge is 0.482 e. The van der Waals surface area contributed by atoms with E-state index in [1.807, 2.05) is 12.1 Å². The molecule has 2 aromatic carbocycles. The highest BCUT2D eigenvalue weighted by atomic mass is 16.5. The summed E-state index contributed by atoms with van der Waals surface area (Å²) in [6.07, 6.45) is 1.33. The summed E-state index contributed by atoms with van der Waals surface area (Å²) in [5.74, 6) is 0.156. The number of rotatable bonds is 6. The minimum absolute atomic E-state index is 0.0602. The van der Waals surface area contributed by atoms with Gasteiger partial charge in [0.2, 0.25) is 17.1 Å². The van der Waals surface area contributed by atoms with Crippen molar-refractivity contribution >= 4 is 5.91 Å². The molecule has 0 spiro atoms. The second-order valence-electron chi connectivity index (χ2n) is 6.80. The molecule has 6 heteroatoms. The Morgan fingerprint density at radius 1 is 1.07 bits per heavy atom. The van der Waals surface area contributed by atoms with Crippen molar-refractivity contribution in [1.29, 1.82) is 0 Å². The molecule has 1 aliphatic heterocycles. The Hall–Kier alpha value is -3.38. The Bertz CT molecular complexity index is 1050. The number of primary amides is 1. The molecule has 0 atom stereocenters. The Balaban J connectivity index is 1.42. The molecule has 0 radical (unpaired) electrons. The summed E-state index contributed by atoms with van der Waals surface area (Å²) >= 11 is 0. The number of ether oxygens (including phenoxy) is 1. The van der Waals surface area contributed by atoms with E-state index in [1.54, 1.807) is 24.3 Å². The third-order valence-corrected chi connectivity index (χ3v) is 4.80. The Kier molecular flexibility index (Phi) is 4.95. The first-order valence-electron chi connectivity index (χ1n) is 9.01. The Labute approximate surface area is 162 Å². The smallest absolute Gasteiger partial charge is 0.249 e. The van der Waals surface area contributed by atoms with Gasteiger partial charge in [0.25, 0.3) is 0 Å². The number of hydrogen-bond acceptors (Lipinski definition) is 5. The second kappa shape index (κ2) is 7.70. The number of fused-ring (bicyclic) bond motifs is 1.